The lowest BCUT2D eigenvalue weighted by Crippen LogP contribution is -2.45. The summed E-state index contributed by atoms with van der Waals surface area (Å²) in [6.07, 6.45) is 5.35. The number of aromatic nitrogens is 5. The van der Waals surface area contributed by atoms with Crippen molar-refractivity contribution in [2.75, 3.05) is 93.8 Å². The standard InChI is InChI=1S/C23H27N7O2S.C22H25N5OS/c1-29-9-11-30(12-10-29)23-26-15-19(22(28-23)32-16-17-5-3-2-4-6-17)33-18-7-8-20(25-14-18)27-21(31)13-24;1-26-11-13-27(14-12-26)22-24-15-20(29-19-9-7-18(23)8-10-19)21(25-22)28-16-17-5-3-2-4-6-17/h2-8,14-15H,9-13,16,24H2,1H3,(H,25,27,31);2-10,15H,11-14,16,23H2,1H3. The molecule has 2 aliphatic heterocycles. The SMILES string of the molecule is CN1CCN(c2ncc(Sc3ccc(N)cc3)c(OCc3ccccc3)n2)CC1.CN1CCN(c2ncc(Sc3ccc(NC(=O)CN)nc3)c(OCc3ccccc3)n2)CC1. The number of nitrogens with zero attached hydrogens (tertiary/aromatic N) is 9. The minimum atomic E-state index is -0.285. The maximum Gasteiger partial charge on any atom is 0.239 e. The number of benzene rings is 3. The van der Waals surface area contributed by atoms with Gasteiger partial charge in [0.05, 0.1) is 28.7 Å². The van der Waals surface area contributed by atoms with Crippen LogP contribution >= 0.6 is 23.5 Å². The molecule has 0 bridgehead atoms. The van der Waals surface area contributed by atoms with Crippen LogP contribution in [0.15, 0.2) is 135 Å². The molecule has 0 spiro atoms. The number of carbonyl (C=O) groups is 1. The predicted molar refractivity (Wildman–Crippen MR) is 246 cm³/mol. The van der Waals surface area contributed by atoms with Gasteiger partial charge in [-0.15, -0.1) is 0 Å². The molecule has 0 saturated carbocycles. The number of pyridine rings is 1. The molecule has 3 aromatic carbocycles. The molecule has 3 aromatic heterocycles. The largest absolute Gasteiger partial charge is 0.472 e. The lowest BCUT2D eigenvalue weighted by molar-refractivity contribution is -0.114. The van der Waals surface area contributed by atoms with Gasteiger partial charge in [0.2, 0.25) is 29.6 Å². The Morgan fingerprint density at radius 1 is 0.613 bits per heavy atom. The maximum atomic E-state index is 11.5. The lowest BCUT2D eigenvalue weighted by atomic mass is 10.2. The number of rotatable bonds is 14. The van der Waals surface area contributed by atoms with Gasteiger partial charge in [-0.3, -0.25) is 4.79 Å². The smallest absolute Gasteiger partial charge is 0.239 e. The molecule has 1 amide bonds. The number of amides is 1. The fourth-order valence-electron chi connectivity index (χ4n) is 6.31. The van der Waals surface area contributed by atoms with E-state index in [1.807, 2.05) is 85.1 Å². The average Bonchev–Trinajstić information content (AvgIpc) is 3.31. The van der Waals surface area contributed by atoms with E-state index in [9.17, 15) is 4.79 Å². The number of nitrogens with two attached hydrogens (primary N) is 2. The van der Waals surface area contributed by atoms with Crippen molar-refractivity contribution in [3.05, 3.63) is 127 Å². The van der Waals surface area contributed by atoms with Crippen molar-refractivity contribution in [3.63, 3.8) is 0 Å². The molecule has 0 aliphatic carbocycles. The van der Waals surface area contributed by atoms with Crippen LogP contribution in [0, 0.1) is 0 Å². The first-order chi connectivity index (χ1) is 30.3. The van der Waals surface area contributed by atoms with Gasteiger partial charge in [-0.05, 0) is 61.6 Å². The van der Waals surface area contributed by atoms with Crippen LogP contribution in [-0.4, -0.2) is 114 Å². The maximum absolute atomic E-state index is 11.5. The molecular formula is C45H52N12O3S2. The summed E-state index contributed by atoms with van der Waals surface area (Å²) in [5, 5.41) is 2.64. The van der Waals surface area contributed by atoms with Crippen LogP contribution in [-0.2, 0) is 18.0 Å². The third-order valence-electron chi connectivity index (χ3n) is 9.95. The number of nitrogen functional groups attached to an aromatic ring is 1. The second-order valence-corrected chi connectivity index (χ2v) is 16.9. The molecule has 5 N–H and O–H groups in total. The Morgan fingerprint density at radius 2 is 1.08 bits per heavy atom. The number of likely N-dealkylation sites (N-methyl/N-ethyl adjacent to an activating group) is 2. The minimum Gasteiger partial charge on any atom is -0.472 e. The summed E-state index contributed by atoms with van der Waals surface area (Å²) in [6, 6.07) is 31.5. The Balaban J connectivity index is 0.000000188. The highest BCUT2D eigenvalue weighted by molar-refractivity contribution is 7.99. The summed E-state index contributed by atoms with van der Waals surface area (Å²) in [5.41, 5.74) is 14.1. The number of anilines is 4. The highest BCUT2D eigenvalue weighted by Gasteiger charge is 2.21. The number of hydrogen-bond donors (Lipinski definition) is 3. The van der Waals surface area contributed by atoms with Gasteiger partial charge < -0.3 is 45.9 Å². The fourth-order valence-corrected chi connectivity index (χ4v) is 7.92. The highest BCUT2D eigenvalue weighted by atomic mass is 32.2. The van der Waals surface area contributed by atoms with E-state index in [1.54, 1.807) is 30.2 Å². The van der Waals surface area contributed by atoms with Gasteiger partial charge in [-0.25, -0.2) is 15.0 Å². The molecule has 17 heteroatoms. The summed E-state index contributed by atoms with van der Waals surface area (Å²) in [6.45, 7) is 8.33. The molecular weight excluding hydrogens is 821 g/mol. The summed E-state index contributed by atoms with van der Waals surface area (Å²) < 4.78 is 12.3. The molecule has 15 nitrogen and oxygen atoms in total. The molecule has 6 aromatic rings. The monoisotopic (exact) mass is 872 g/mol. The molecule has 322 valence electrons. The Kier molecular flexibility index (Phi) is 15.8. The zero-order valence-corrected chi connectivity index (χ0v) is 36.6. The fraction of sp³-hybridized carbons (Fsp3) is 0.289. The van der Waals surface area contributed by atoms with E-state index in [2.05, 4.69) is 66.1 Å². The van der Waals surface area contributed by atoms with Gasteiger partial charge in [-0.1, -0.05) is 84.2 Å². The van der Waals surface area contributed by atoms with Crippen LogP contribution < -0.4 is 36.1 Å². The molecule has 0 unspecified atom stereocenters. The van der Waals surface area contributed by atoms with Crippen LogP contribution in [0.25, 0.3) is 0 Å². The van der Waals surface area contributed by atoms with Gasteiger partial charge in [0.1, 0.15) is 19.0 Å². The third kappa shape index (κ3) is 13.0. The van der Waals surface area contributed by atoms with E-state index >= 15 is 0 Å². The topological polar surface area (TPSA) is 177 Å². The van der Waals surface area contributed by atoms with Gasteiger partial charge in [0, 0.05) is 74.0 Å². The predicted octanol–water partition coefficient (Wildman–Crippen LogP) is 5.79. The van der Waals surface area contributed by atoms with Crippen molar-refractivity contribution in [1.82, 2.24) is 34.7 Å². The quantitative estimate of drug-likeness (QED) is 0.112. The summed E-state index contributed by atoms with van der Waals surface area (Å²) >= 11 is 3.04. The van der Waals surface area contributed by atoms with Crippen LogP contribution in [0.1, 0.15) is 11.1 Å². The first-order valence-electron chi connectivity index (χ1n) is 20.4. The van der Waals surface area contributed by atoms with E-state index in [0.29, 0.717) is 36.7 Å². The number of ether oxygens (including phenoxy) is 2. The van der Waals surface area contributed by atoms with Crippen molar-refractivity contribution in [1.29, 1.82) is 0 Å². The van der Waals surface area contributed by atoms with Crippen LogP contribution in [0.3, 0.4) is 0 Å². The van der Waals surface area contributed by atoms with Crippen molar-refractivity contribution < 1.29 is 14.3 Å². The van der Waals surface area contributed by atoms with Gasteiger partial charge in [0.25, 0.3) is 0 Å². The Morgan fingerprint density at radius 3 is 1.53 bits per heavy atom. The van der Waals surface area contributed by atoms with E-state index in [4.69, 9.17) is 30.9 Å². The second-order valence-electron chi connectivity index (χ2n) is 14.7. The summed E-state index contributed by atoms with van der Waals surface area (Å²) in [4.78, 5) is 47.1. The van der Waals surface area contributed by atoms with E-state index in [1.165, 1.54) is 11.8 Å². The highest BCUT2D eigenvalue weighted by Crippen LogP contribution is 2.36. The first-order valence-corrected chi connectivity index (χ1v) is 22.0. The zero-order chi connectivity index (χ0) is 43.1. The van der Waals surface area contributed by atoms with Gasteiger partial charge >= 0.3 is 0 Å². The van der Waals surface area contributed by atoms with Crippen LogP contribution in [0.2, 0.25) is 0 Å². The second kappa shape index (κ2) is 22.2. The molecule has 5 heterocycles. The Bertz CT molecular complexity index is 2310. The van der Waals surface area contributed by atoms with Gasteiger partial charge in [-0.2, -0.15) is 9.97 Å². The summed E-state index contributed by atoms with van der Waals surface area (Å²) in [5.74, 6) is 2.72. The molecule has 0 radical (unpaired) electrons. The molecule has 2 saturated heterocycles. The Hall–Kier alpha value is -5.98. The Labute approximate surface area is 371 Å². The molecule has 8 rings (SSSR count). The van der Waals surface area contributed by atoms with Crippen molar-refractivity contribution in [2.45, 2.75) is 32.8 Å². The normalized spacial score (nSPS) is 14.4. The van der Waals surface area contributed by atoms with Crippen molar-refractivity contribution in [2.24, 2.45) is 5.73 Å². The number of hydrogen-bond acceptors (Lipinski definition) is 16. The van der Waals surface area contributed by atoms with E-state index in [0.717, 1.165) is 94.7 Å². The third-order valence-corrected chi connectivity index (χ3v) is 11.9. The minimum absolute atomic E-state index is 0.0860. The van der Waals surface area contributed by atoms with Crippen molar-refractivity contribution >= 4 is 52.8 Å². The van der Waals surface area contributed by atoms with E-state index < -0.39 is 0 Å². The summed E-state index contributed by atoms with van der Waals surface area (Å²) in [7, 11) is 4.26. The van der Waals surface area contributed by atoms with Crippen LogP contribution in [0.5, 0.6) is 11.8 Å². The molecule has 2 fully saturated rings. The molecule has 62 heavy (non-hydrogen) atoms. The number of nitrogens with one attached hydrogen (secondary N) is 1. The average molecular weight is 873 g/mol. The lowest BCUT2D eigenvalue weighted by Gasteiger charge is -2.32. The first kappa shape index (κ1) is 44.1. The van der Waals surface area contributed by atoms with Crippen LogP contribution in [0.4, 0.5) is 23.4 Å². The number of carbonyl (C=O) groups excluding carboxylic acids is 1. The van der Waals surface area contributed by atoms with Crippen molar-refractivity contribution in [3.8, 4) is 11.8 Å². The number of piperazine rings is 2. The van der Waals surface area contributed by atoms with E-state index in [-0.39, 0.29) is 12.5 Å². The van der Waals surface area contributed by atoms with Gasteiger partial charge in [0.15, 0.2) is 0 Å². The molecule has 0 atom stereocenters. The zero-order valence-electron chi connectivity index (χ0n) is 35.0. The molecule has 2 aliphatic rings.